The molecule has 0 radical (unpaired) electrons. The van der Waals surface area contributed by atoms with Gasteiger partial charge in [0.1, 0.15) is 5.25 Å². The van der Waals surface area contributed by atoms with Crippen LogP contribution in [0.2, 0.25) is 0 Å². The fourth-order valence-corrected chi connectivity index (χ4v) is 2.96. The number of para-hydroxylation sites is 1. The van der Waals surface area contributed by atoms with Gasteiger partial charge >= 0.3 is 5.97 Å². The Balaban J connectivity index is 2.26. The molecule has 0 fully saturated rings. The van der Waals surface area contributed by atoms with E-state index in [2.05, 4.69) is 11.0 Å². The standard InChI is InChI=1S/C11H13NO2S/c1-12-7-10(11(13)14-2)15-9-6-4-3-5-8(9)12/h3-6,10H,7H2,1-2H3. The van der Waals surface area contributed by atoms with Gasteiger partial charge in [-0.3, -0.25) is 4.79 Å². The lowest BCUT2D eigenvalue weighted by Gasteiger charge is -2.31. The van der Waals surface area contributed by atoms with Gasteiger partial charge in [-0.15, -0.1) is 11.8 Å². The highest BCUT2D eigenvalue weighted by Gasteiger charge is 2.28. The number of anilines is 1. The van der Waals surface area contributed by atoms with Crippen molar-refractivity contribution in [2.75, 3.05) is 25.6 Å². The van der Waals surface area contributed by atoms with Gasteiger partial charge < -0.3 is 9.64 Å². The van der Waals surface area contributed by atoms with Crippen LogP contribution in [0.1, 0.15) is 0 Å². The fraction of sp³-hybridized carbons (Fsp3) is 0.364. The Labute approximate surface area is 93.4 Å². The molecule has 1 aromatic carbocycles. The molecule has 1 unspecified atom stereocenters. The zero-order chi connectivity index (χ0) is 10.8. The summed E-state index contributed by atoms with van der Waals surface area (Å²) in [6.45, 7) is 0.703. The molecule has 1 atom stereocenters. The zero-order valence-corrected chi connectivity index (χ0v) is 9.58. The summed E-state index contributed by atoms with van der Waals surface area (Å²) in [7, 11) is 3.43. The number of hydrogen-bond donors (Lipinski definition) is 0. The first-order valence-electron chi connectivity index (χ1n) is 4.77. The fourth-order valence-electron chi connectivity index (χ4n) is 1.66. The van der Waals surface area contributed by atoms with Gasteiger partial charge in [-0.05, 0) is 12.1 Å². The molecule has 0 spiro atoms. The molecule has 0 amide bonds. The van der Waals surface area contributed by atoms with Crippen molar-refractivity contribution in [1.29, 1.82) is 0 Å². The molecule has 1 aliphatic heterocycles. The van der Waals surface area contributed by atoms with E-state index in [-0.39, 0.29) is 11.2 Å². The SMILES string of the molecule is COC(=O)C1CN(C)c2ccccc2S1. The summed E-state index contributed by atoms with van der Waals surface area (Å²) in [5, 5.41) is -0.116. The number of carbonyl (C=O) groups is 1. The normalized spacial score (nSPS) is 19.6. The molecule has 0 N–H and O–H groups in total. The van der Waals surface area contributed by atoms with Crippen LogP contribution in [0.15, 0.2) is 29.2 Å². The number of hydrogen-bond acceptors (Lipinski definition) is 4. The molecule has 80 valence electrons. The Morgan fingerprint density at radius 3 is 3.00 bits per heavy atom. The second-order valence-electron chi connectivity index (χ2n) is 3.48. The van der Waals surface area contributed by atoms with Crippen LogP contribution in [0.5, 0.6) is 0 Å². The number of esters is 1. The van der Waals surface area contributed by atoms with Crippen LogP contribution in [-0.4, -0.2) is 31.9 Å². The van der Waals surface area contributed by atoms with Crippen LogP contribution in [0, 0.1) is 0 Å². The predicted molar refractivity (Wildman–Crippen MR) is 61.4 cm³/mol. The first kappa shape index (κ1) is 10.4. The Morgan fingerprint density at radius 1 is 1.53 bits per heavy atom. The van der Waals surface area contributed by atoms with Crippen molar-refractivity contribution in [2.45, 2.75) is 10.1 Å². The van der Waals surface area contributed by atoms with E-state index in [0.29, 0.717) is 6.54 Å². The van der Waals surface area contributed by atoms with Crippen LogP contribution in [0.3, 0.4) is 0 Å². The number of ether oxygens (including phenoxy) is 1. The summed E-state index contributed by atoms with van der Waals surface area (Å²) in [4.78, 5) is 14.7. The second-order valence-corrected chi connectivity index (χ2v) is 4.72. The van der Waals surface area contributed by atoms with E-state index in [1.54, 1.807) is 11.8 Å². The third-order valence-corrected chi connectivity index (χ3v) is 3.67. The predicted octanol–water partition coefficient (Wildman–Crippen LogP) is 1.77. The van der Waals surface area contributed by atoms with Gasteiger partial charge in [0.25, 0.3) is 0 Å². The molecule has 1 aromatic rings. The number of carbonyl (C=O) groups excluding carboxylic acids is 1. The Bertz CT molecular complexity index is 381. The number of rotatable bonds is 1. The zero-order valence-electron chi connectivity index (χ0n) is 8.77. The monoisotopic (exact) mass is 223 g/mol. The molecule has 1 aliphatic rings. The summed E-state index contributed by atoms with van der Waals surface area (Å²) in [5.41, 5.74) is 1.18. The Morgan fingerprint density at radius 2 is 2.27 bits per heavy atom. The van der Waals surface area contributed by atoms with Gasteiger partial charge in [0, 0.05) is 18.5 Å². The maximum Gasteiger partial charge on any atom is 0.320 e. The highest BCUT2D eigenvalue weighted by Crippen LogP contribution is 2.37. The van der Waals surface area contributed by atoms with Gasteiger partial charge in [0.15, 0.2) is 0 Å². The van der Waals surface area contributed by atoms with E-state index in [4.69, 9.17) is 4.74 Å². The molecule has 0 aromatic heterocycles. The van der Waals surface area contributed by atoms with Gasteiger partial charge in [-0.25, -0.2) is 0 Å². The summed E-state index contributed by atoms with van der Waals surface area (Å²) >= 11 is 1.58. The maximum absolute atomic E-state index is 11.5. The highest BCUT2D eigenvalue weighted by molar-refractivity contribution is 8.00. The van der Waals surface area contributed by atoms with E-state index in [0.717, 1.165) is 4.90 Å². The van der Waals surface area contributed by atoms with Gasteiger partial charge in [-0.2, -0.15) is 0 Å². The molecule has 15 heavy (non-hydrogen) atoms. The van der Waals surface area contributed by atoms with Crippen molar-refractivity contribution < 1.29 is 9.53 Å². The van der Waals surface area contributed by atoms with Crippen molar-refractivity contribution >= 4 is 23.4 Å². The number of fused-ring (bicyclic) bond motifs is 1. The summed E-state index contributed by atoms with van der Waals surface area (Å²) < 4.78 is 4.77. The van der Waals surface area contributed by atoms with Gasteiger partial charge in [-0.1, -0.05) is 12.1 Å². The average molecular weight is 223 g/mol. The van der Waals surface area contributed by atoms with Crippen molar-refractivity contribution in [3.63, 3.8) is 0 Å². The van der Waals surface area contributed by atoms with Crippen LogP contribution in [0.4, 0.5) is 5.69 Å². The van der Waals surface area contributed by atoms with E-state index < -0.39 is 0 Å². The van der Waals surface area contributed by atoms with Crippen molar-refractivity contribution in [3.05, 3.63) is 24.3 Å². The highest BCUT2D eigenvalue weighted by atomic mass is 32.2. The molecule has 4 heteroatoms. The van der Waals surface area contributed by atoms with E-state index in [1.807, 2.05) is 25.2 Å². The first-order chi connectivity index (χ1) is 7.22. The summed E-state index contributed by atoms with van der Waals surface area (Å²) in [6.07, 6.45) is 0. The second kappa shape index (κ2) is 4.14. The lowest BCUT2D eigenvalue weighted by molar-refractivity contribution is -0.139. The minimum absolute atomic E-state index is 0.116. The third kappa shape index (κ3) is 1.95. The lowest BCUT2D eigenvalue weighted by Crippen LogP contribution is -2.36. The van der Waals surface area contributed by atoms with Crippen LogP contribution in [0.25, 0.3) is 0 Å². The number of thioether (sulfide) groups is 1. The third-order valence-electron chi connectivity index (χ3n) is 2.45. The van der Waals surface area contributed by atoms with E-state index in [9.17, 15) is 4.79 Å². The summed E-state index contributed by atoms with van der Waals surface area (Å²) in [5.74, 6) is -0.152. The van der Waals surface area contributed by atoms with Crippen molar-refractivity contribution in [2.24, 2.45) is 0 Å². The molecule has 3 nitrogen and oxygen atoms in total. The minimum atomic E-state index is -0.152. The van der Waals surface area contributed by atoms with Crippen molar-refractivity contribution in [1.82, 2.24) is 0 Å². The number of nitrogens with zero attached hydrogens (tertiary/aromatic N) is 1. The van der Waals surface area contributed by atoms with Gasteiger partial charge in [0.05, 0.1) is 12.8 Å². The molecular weight excluding hydrogens is 210 g/mol. The Hall–Kier alpha value is -1.16. The molecule has 0 saturated carbocycles. The van der Waals surface area contributed by atoms with Crippen LogP contribution < -0.4 is 4.90 Å². The molecule has 0 saturated heterocycles. The quantitative estimate of drug-likeness (QED) is 0.679. The topological polar surface area (TPSA) is 29.5 Å². The average Bonchev–Trinajstić information content (AvgIpc) is 2.28. The van der Waals surface area contributed by atoms with Crippen molar-refractivity contribution in [3.8, 4) is 0 Å². The number of methoxy groups -OCH3 is 1. The molecule has 0 bridgehead atoms. The molecular formula is C11H13NO2S. The van der Waals surface area contributed by atoms with E-state index >= 15 is 0 Å². The Kier molecular flexibility index (Phi) is 2.86. The lowest BCUT2D eigenvalue weighted by atomic mass is 10.2. The van der Waals surface area contributed by atoms with Crippen LogP contribution >= 0.6 is 11.8 Å². The maximum atomic E-state index is 11.5. The minimum Gasteiger partial charge on any atom is -0.468 e. The number of benzene rings is 1. The largest absolute Gasteiger partial charge is 0.468 e. The van der Waals surface area contributed by atoms with Gasteiger partial charge in [0.2, 0.25) is 0 Å². The van der Waals surface area contributed by atoms with E-state index in [1.165, 1.54) is 12.8 Å². The molecule has 0 aliphatic carbocycles. The molecule has 1 heterocycles. The smallest absolute Gasteiger partial charge is 0.320 e. The first-order valence-corrected chi connectivity index (χ1v) is 5.65. The van der Waals surface area contributed by atoms with Crippen LogP contribution in [-0.2, 0) is 9.53 Å². The molecule has 2 rings (SSSR count). The summed E-state index contributed by atoms with van der Waals surface area (Å²) in [6, 6.07) is 8.09.